The number of aryl methyl sites for hydroxylation is 2. The van der Waals surface area contributed by atoms with E-state index in [0.29, 0.717) is 17.4 Å². The second-order valence-electron chi connectivity index (χ2n) is 5.32. The maximum Gasteiger partial charge on any atom is 0.343 e. The molecule has 0 aliphatic heterocycles. The van der Waals surface area contributed by atoms with Gasteiger partial charge in [-0.25, -0.2) is 14.2 Å². The zero-order chi connectivity index (χ0) is 17.3. The van der Waals surface area contributed by atoms with Crippen molar-refractivity contribution < 1.29 is 4.79 Å². The molecule has 9 heteroatoms. The average molecular weight is 347 g/mol. The predicted molar refractivity (Wildman–Crippen MR) is 89.3 cm³/mol. The molecule has 3 rings (SSSR count). The molecule has 24 heavy (non-hydrogen) atoms. The number of halogens is 1. The van der Waals surface area contributed by atoms with Crippen molar-refractivity contribution in [2.75, 3.05) is 5.32 Å². The van der Waals surface area contributed by atoms with E-state index in [1.807, 2.05) is 25.1 Å². The van der Waals surface area contributed by atoms with Crippen LogP contribution in [0.5, 0.6) is 0 Å². The Morgan fingerprint density at radius 2 is 2.21 bits per heavy atom. The Labute approximate surface area is 142 Å². The minimum Gasteiger partial charge on any atom is -0.304 e. The van der Waals surface area contributed by atoms with Crippen LogP contribution < -0.4 is 11.0 Å². The second-order valence-corrected chi connectivity index (χ2v) is 5.76. The van der Waals surface area contributed by atoms with Gasteiger partial charge in [0.1, 0.15) is 5.82 Å². The summed E-state index contributed by atoms with van der Waals surface area (Å²) in [6.07, 6.45) is 1.65. The van der Waals surface area contributed by atoms with Gasteiger partial charge in [0.05, 0.1) is 12.7 Å². The normalized spacial score (nSPS) is 10.8. The van der Waals surface area contributed by atoms with Crippen LogP contribution in [0.15, 0.2) is 35.3 Å². The maximum atomic E-state index is 12.3. The van der Waals surface area contributed by atoms with Gasteiger partial charge in [-0.15, -0.1) is 5.10 Å². The second kappa shape index (κ2) is 6.32. The van der Waals surface area contributed by atoms with Gasteiger partial charge in [-0.2, -0.15) is 5.10 Å². The number of hydrogen-bond donors (Lipinski definition) is 2. The lowest BCUT2D eigenvalue weighted by molar-refractivity contribution is 0.101. The highest BCUT2D eigenvalue weighted by molar-refractivity contribution is 6.30. The summed E-state index contributed by atoms with van der Waals surface area (Å²) in [5.41, 5.74) is 1.29. The fraction of sp³-hybridized carbons (Fsp3) is 0.200. The number of rotatable bonds is 4. The van der Waals surface area contributed by atoms with Gasteiger partial charge in [0.15, 0.2) is 0 Å². The Kier molecular flexibility index (Phi) is 4.22. The third kappa shape index (κ3) is 3.23. The van der Waals surface area contributed by atoms with E-state index in [4.69, 9.17) is 11.6 Å². The van der Waals surface area contributed by atoms with Crippen molar-refractivity contribution in [2.24, 2.45) is 7.05 Å². The molecule has 0 bridgehead atoms. The van der Waals surface area contributed by atoms with Crippen LogP contribution in [0.25, 0.3) is 0 Å². The fourth-order valence-electron chi connectivity index (χ4n) is 2.24. The molecule has 124 valence electrons. The minimum absolute atomic E-state index is 0.0580. The van der Waals surface area contributed by atoms with Crippen LogP contribution in [0.4, 0.5) is 5.82 Å². The van der Waals surface area contributed by atoms with E-state index in [9.17, 15) is 9.59 Å². The van der Waals surface area contributed by atoms with Crippen LogP contribution in [0, 0.1) is 6.92 Å². The average Bonchev–Trinajstić information content (AvgIpc) is 3.04. The summed E-state index contributed by atoms with van der Waals surface area (Å²) >= 11 is 5.99. The quantitative estimate of drug-likeness (QED) is 0.749. The topological polar surface area (TPSA) is 97.6 Å². The largest absolute Gasteiger partial charge is 0.343 e. The van der Waals surface area contributed by atoms with Crippen LogP contribution in [-0.4, -0.2) is 30.5 Å². The van der Waals surface area contributed by atoms with E-state index in [1.54, 1.807) is 16.9 Å². The summed E-state index contributed by atoms with van der Waals surface area (Å²) in [7, 11) is 1.46. The fourth-order valence-corrected chi connectivity index (χ4v) is 2.45. The Hall–Kier alpha value is -2.87. The third-order valence-electron chi connectivity index (χ3n) is 3.46. The van der Waals surface area contributed by atoms with Gasteiger partial charge < -0.3 is 5.32 Å². The molecule has 0 aliphatic carbocycles. The number of carbonyl (C=O) groups excluding carboxylic acids is 1. The molecule has 2 aromatic heterocycles. The molecule has 0 saturated carbocycles. The Balaban J connectivity index is 1.84. The van der Waals surface area contributed by atoms with Crippen LogP contribution in [0.2, 0.25) is 5.02 Å². The van der Waals surface area contributed by atoms with E-state index in [-0.39, 0.29) is 5.82 Å². The number of hydrogen-bond acceptors (Lipinski definition) is 4. The number of aromatic nitrogens is 5. The molecule has 1 amide bonds. The smallest absolute Gasteiger partial charge is 0.304 e. The molecule has 2 heterocycles. The lowest BCUT2D eigenvalue weighted by Gasteiger charge is -2.09. The van der Waals surface area contributed by atoms with Gasteiger partial charge >= 0.3 is 5.69 Å². The maximum absolute atomic E-state index is 12.3. The summed E-state index contributed by atoms with van der Waals surface area (Å²) in [5.74, 6) is -0.0347. The number of benzene rings is 1. The monoisotopic (exact) mass is 346 g/mol. The van der Waals surface area contributed by atoms with Crippen LogP contribution in [0.3, 0.4) is 0 Å². The van der Waals surface area contributed by atoms with Gasteiger partial charge in [0, 0.05) is 17.6 Å². The van der Waals surface area contributed by atoms with E-state index >= 15 is 0 Å². The molecule has 2 N–H and O–H groups in total. The number of aromatic amines is 1. The van der Waals surface area contributed by atoms with Gasteiger partial charge in [-0.1, -0.05) is 23.7 Å². The molecule has 8 nitrogen and oxygen atoms in total. The highest BCUT2D eigenvalue weighted by atomic mass is 35.5. The highest BCUT2D eigenvalue weighted by Crippen LogP contribution is 2.18. The zero-order valence-electron chi connectivity index (χ0n) is 13.1. The van der Waals surface area contributed by atoms with Gasteiger partial charge in [-0.3, -0.25) is 9.78 Å². The summed E-state index contributed by atoms with van der Waals surface area (Å²) in [6.45, 7) is 2.28. The van der Waals surface area contributed by atoms with Crippen molar-refractivity contribution in [1.29, 1.82) is 0 Å². The molecule has 0 spiro atoms. The third-order valence-corrected chi connectivity index (χ3v) is 3.70. The molecule has 1 aromatic carbocycles. The van der Waals surface area contributed by atoms with E-state index in [2.05, 4.69) is 20.5 Å². The zero-order valence-corrected chi connectivity index (χ0v) is 13.8. The Bertz CT molecular complexity index is 955. The summed E-state index contributed by atoms with van der Waals surface area (Å²) in [5, 5.41) is 11.5. The number of carbonyl (C=O) groups is 1. The highest BCUT2D eigenvalue weighted by Gasteiger charge is 2.16. The number of anilines is 1. The first-order valence-electron chi connectivity index (χ1n) is 7.15. The molecular weight excluding hydrogens is 332 g/mol. The van der Waals surface area contributed by atoms with Crippen molar-refractivity contribution >= 4 is 23.3 Å². The SMILES string of the molecule is Cc1cnn(Cc2cccc(Cl)c2)c1NC(=O)c1nn(C)c(=O)[nH]1. The van der Waals surface area contributed by atoms with Crippen LogP contribution in [-0.2, 0) is 13.6 Å². The Morgan fingerprint density at radius 3 is 2.88 bits per heavy atom. The van der Waals surface area contributed by atoms with Gasteiger partial charge in [-0.05, 0) is 24.6 Å². The lowest BCUT2D eigenvalue weighted by atomic mass is 10.2. The lowest BCUT2D eigenvalue weighted by Crippen LogP contribution is -2.18. The van der Waals surface area contributed by atoms with Crippen molar-refractivity contribution in [3.05, 3.63) is 62.9 Å². The van der Waals surface area contributed by atoms with Crippen LogP contribution in [0.1, 0.15) is 21.7 Å². The molecule has 0 radical (unpaired) electrons. The van der Waals surface area contributed by atoms with Crippen molar-refractivity contribution in [2.45, 2.75) is 13.5 Å². The number of amides is 1. The minimum atomic E-state index is -0.511. The molecule has 0 aliphatic rings. The standard InChI is InChI=1S/C15H15ClN6O2/c1-9-7-17-22(8-10-4-3-5-11(16)6-10)13(9)19-14(23)12-18-15(24)21(2)20-12/h3-7H,8H2,1-2H3,(H,19,23)(H,18,20,24). The first-order chi connectivity index (χ1) is 11.4. The Morgan fingerprint density at radius 1 is 1.42 bits per heavy atom. The number of nitrogens with one attached hydrogen (secondary N) is 2. The summed E-state index contributed by atoms with van der Waals surface area (Å²) in [6, 6.07) is 7.40. The number of H-pyrrole nitrogens is 1. The molecule has 0 unspecified atom stereocenters. The molecule has 3 aromatic rings. The predicted octanol–water partition coefficient (Wildman–Crippen LogP) is 1.57. The van der Waals surface area contributed by atoms with Gasteiger partial charge in [0.2, 0.25) is 5.82 Å². The molecule has 0 atom stereocenters. The molecular formula is C15H15ClN6O2. The first-order valence-corrected chi connectivity index (χ1v) is 7.53. The van der Waals surface area contributed by atoms with Crippen molar-refractivity contribution in [3.8, 4) is 0 Å². The van der Waals surface area contributed by atoms with Crippen LogP contribution >= 0.6 is 11.6 Å². The first kappa shape index (κ1) is 16.0. The molecule has 0 fully saturated rings. The summed E-state index contributed by atoms with van der Waals surface area (Å²) in [4.78, 5) is 26.0. The summed E-state index contributed by atoms with van der Waals surface area (Å²) < 4.78 is 2.71. The van der Waals surface area contributed by atoms with Crippen molar-refractivity contribution in [3.63, 3.8) is 0 Å². The van der Waals surface area contributed by atoms with Gasteiger partial charge in [0.25, 0.3) is 5.91 Å². The van der Waals surface area contributed by atoms with Crippen molar-refractivity contribution in [1.82, 2.24) is 24.5 Å². The van der Waals surface area contributed by atoms with E-state index in [0.717, 1.165) is 15.8 Å². The number of nitrogens with zero attached hydrogens (tertiary/aromatic N) is 4. The molecule has 0 saturated heterocycles. The van der Waals surface area contributed by atoms with E-state index in [1.165, 1.54) is 7.05 Å². The van der Waals surface area contributed by atoms with E-state index < -0.39 is 11.6 Å².